The Morgan fingerprint density at radius 1 is 1.38 bits per heavy atom. The largest absolute Gasteiger partial charge is 0.297 e. The summed E-state index contributed by atoms with van der Waals surface area (Å²) in [4.78, 5) is 6.65. The van der Waals surface area contributed by atoms with Crippen LogP contribution in [0.1, 0.15) is 24.8 Å². The first-order chi connectivity index (χ1) is 7.74. The van der Waals surface area contributed by atoms with Crippen molar-refractivity contribution in [3.8, 4) is 0 Å². The Hall–Kier alpha value is -0.860. The molecule has 3 heterocycles. The van der Waals surface area contributed by atoms with Crippen molar-refractivity contribution in [3.63, 3.8) is 0 Å². The molecule has 0 N–H and O–H groups in total. The number of hydrogen-bond donors (Lipinski definition) is 0. The molecule has 1 fully saturated rings. The van der Waals surface area contributed by atoms with Gasteiger partial charge in [0.25, 0.3) is 0 Å². The quantitative estimate of drug-likeness (QED) is 0.695. The van der Waals surface area contributed by atoms with E-state index in [2.05, 4.69) is 29.1 Å². The lowest BCUT2D eigenvalue weighted by molar-refractivity contribution is 0.264. The van der Waals surface area contributed by atoms with Gasteiger partial charge in [-0.25, -0.2) is 4.98 Å². The summed E-state index contributed by atoms with van der Waals surface area (Å²) in [6, 6.07) is 5.30. The number of fused-ring (bicyclic) bond motifs is 2. The van der Waals surface area contributed by atoms with E-state index in [1.54, 1.807) is 0 Å². The highest BCUT2D eigenvalue weighted by Crippen LogP contribution is 2.37. The maximum atomic E-state index is 5.80. The third kappa shape index (κ3) is 1.66. The van der Waals surface area contributed by atoms with Gasteiger partial charge in [0.05, 0.1) is 0 Å². The van der Waals surface area contributed by atoms with Gasteiger partial charge in [0, 0.05) is 18.3 Å². The van der Waals surface area contributed by atoms with Crippen LogP contribution in [0.2, 0.25) is 5.15 Å². The third-order valence-corrected chi connectivity index (χ3v) is 4.07. The van der Waals surface area contributed by atoms with Crippen molar-refractivity contribution in [1.82, 2.24) is 9.88 Å². The molecular formula is C13H15ClN2. The molecule has 0 spiro atoms. The van der Waals surface area contributed by atoms with E-state index in [0.717, 1.165) is 12.5 Å². The molecular weight excluding hydrogens is 220 g/mol. The number of pyridine rings is 1. The maximum absolute atomic E-state index is 5.80. The Kier molecular flexibility index (Phi) is 2.49. The van der Waals surface area contributed by atoms with E-state index in [9.17, 15) is 0 Å². The molecule has 2 nitrogen and oxygen atoms in total. The Bertz CT molecular complexity index is 424. The number of likely N-dealkylation sites (N-methyl/N-ethyl adjacent to an activating group) is 1. The molecule has 0 aliphatic carbocycles. The molecule has 2 aliphatic rings. The van der Waals surface area contributed by atoms with Crippen LogP contribution in [-0.2, 0) is 0 Å². The Morgan fingerprint density at radius 3 is 2.94 bits per heavy atom. The lowest BCUT2D eigenvalue weighted by Crippen LogP contribution is -2.34. The normalized spacial score (nSPS) is 29.2. The number of nitrogens with zero attached hydrogens (tertiary/aromatic N) is 2. The molecule has 16 heavy (non-hydrogen) atoms. The highest BCUT2D eigenvalue weighted by atomic mass is 35.5. The highest BCUT2D eigenvalue weighted by molar-refractivity contribution is 6.29. The minimum Gasteiger partial charge on any atom is -0.297 e. The topological polar surface area (TPSA) is 16.1 Å². The van der Waals surface area contributed by atoms with E-state index >= 15 is 0 Å². The molecule has 0 aromatic carbocycles. The molecule has 84 valence electrons. The molecule has 2 atom stereocenters. The molecule has 3 heteroatoms. The van der Waals surface area contributed by atoms with Crippen molar-refractivity contribution in [1.29, 1.82) is 0 Å². The predicted octanol–water partition coefficient (Wildman–Crippen LogP) is 2.98. The summed E-state index contributed by atoms with van der Waals surface area (Å²) >= 11 is 5.80. The fraction of sp³-hybridized carbons (Fsp3) is 0.462. The van der Waals surface area contributed by atoms with E-state index in [-0.39, 0.29) is 0 Å². The lowest BCUT2D eigenvalue weighted by Gasteiger charge is -2.30. The van der Waals surface area contributed by atoms with Crippen LogP contribution in [0.5, 0.6) is 0 Å². The average Bonchev–Trinajstić information content (AvgIpc) is 2.54. The Balaban J connectivity index is 1.92. The first-order valence-corrected chi connectivity index (χ1v) is 6.16. The van der Waals surface area contributed by atoms with Gasteiger partial charge < -0.3 is 0 Å². The van der Waals surface area contributed by atoms with E-state index in [0.29, 0.717) is 11.2 Å². The molecule has 3 rings (SSSR count). The number of aromatic nitrogens is 1. The summed E-state index contributed by atoms with van der Waals surface area (Å²) in [7, 11) is 2.23. The van der Waals surface area contributed by atoms with Gasteiger partial charge in [-0.2, -0.15) is 0 Å². The zero-order valence-electron chi connectivity index (χ0n) is 9.36. The molecule has 0 radical (unpaired) electrons. The Labute approximate surface area is 101 Å². The lowest BCUT2D eigenvalue weighted by atomic mass is 9.96. The number of hydrogen-bond acceptors (Lipinski definition) is 2. The van der Waals surface area contributed by atoms with Gasteiger partial charge in [-0.15, -0.1) is 0 Å². The molecule has 0 unspecified atom stereocenters. The average molecular weight is 235 g/mol. The maximum Gasteiger partial charge on any atom is 0.129 e. The van der Waals surface area contributed by atoms with Gasteiger partial charge in [-0.1, -0.05) is 23.7 Å². The van der Waals surface area contributed by atoms with Gasteiger partial charge in [0.15, 0.2) is 0 Å². The second-order valence-corrected chi connectivity index (χ2v) is 5.12. The van der Waals surface area contributed by atoms with Gasteiger partial charge in [0.1, 0.15) is 5.15 Å². The first kappa shape index (κ1) is 10.3. The summed E-state index contributed by atoms with van der Waals surface area (Å²) in [5.41, 5.74) is 2.67. The van der Waals surface area contributed by atoms with Crippen molar-refractivity contribution >= 4 is 17.2 Å². The monoisotopic (exact) mass is 234 g/mol. The second-order valence-electron chi connectivity index (χ2n) is 4.73. The van der Waals surface area contributed by atoms with Gasteiger partial charge in [-0.3, -0.25) is 4.90 Å². The molecule has 1 aromatic rings. The molecule has 0 amide bonds. The summed E-state index contributed by atoms with van der Waals surface area (Å²) in [5.74, 6) is 0. The van der Waals surface area contributed by atoms with Gasteiger partial charge in [0.2, 0.25) is 0 Å². The van der Waals surface area contributed by atoms with Gasteiger partial charge in [-0.05, 0) is 43.5 Å². The summed E-state index contributed by atoms with van der Waals surface area (Å²) in [6.07, 6.45) is 8.05. The molecule has 0 saturated carbocycles. The van der Waals surface area contributed by atoms with Crippen molar-refractivity contribution in [2.45, 2.75) is 31.3 Å². The van der Waals surface area contributed by atoms with Crippen molar-refractivity contribution in [2.75, 3.05) is 7.05 Å². The van der Waals surface area contributed by atoms with Crippen LogP contribution >= 0.6 is 11.6 Å². The van der Waals surface area contributed by atoms with E-state index in [4.69, 9.17) is 11.6 Å². The van der Waals surface area contributed by atoms with Gasteiger partial charge >= 0.3 is 0 Å². The molecule has 2 aliphatic heterocycles. The van der Waals surface area contributed by atoms with Crippen LogP contribution in [0.15, 0.2) is 24.4 Å². The van der Waals surface area contributed by atoms with E-state index < -0.39 is 0 Å². The Morgan fingerprint density at radius 2 is 2.25 bits per heavy atom. The van der Waals surface area contributed by atoms with Crippen LogP contribution < -0.4 is 0 Å². The number of rotatable bonds is 1. The van der Waals surface area contributed by atoms with Crippen molar-refractivity contribution < 1.29 is 0 Å². The van der Waals surface area contributed by atoms with E-state index in [1.807, 2.05) is 12.3 Å². The fourth-order valence-corrected chi connectivity index (χ4v) is 2.93. The van der Waals surface area contributed by atoms with E-state index in [1.165, 1.54) is 24.0 Å². The SMILES string of the molecule is CN1[C@@H]2CC[C@H]1C=C(c1ccc(Cl)nc1)C2. The van der Waals surface area contributed by atoms with Crippen LogP contribution in [0.4, 0.5) is 0 Å². The summed E-state index contributed by atoms with van der Waals surface area (Å²) < 4.78 is 0. The zero-order valence-corrected chi connectivity index (χ0v) is 10.1. The minimum atomic E-state index is 0.570. The van der Waals surface area contributed by atoms with Crippen LogP contribution in [0.25, 0.3) is 5.57 Å². The second kappa shape index (κ2) is 3.86. The number of halogens is 1. The van der Waals surface area contributed by atoms with Crippen LogP contribution in [0.3, 0.4) is 0 Å². The van der Waals surface area contributed by atoms with Crippen molar-refractivity contribution in [3.05, 3.63) is 35.1 Å². The first-order valence-electron chi connectivity index (χ1n) is 5.78. The molecule has 1 aromatic heterocycles. The smallest absolute Gasteiger partial charge is 0.129 e. The van der Waals surface area contributed by atoms with Crippen molar-refractivity contribution in [2.24, 2.45) is 0 Å². The molecule has 2 bridgehead atoms. The standard InChI is InChI=1S/C13H15ClN2/c1-16-11-3-4-12(16)7-10(6-11)9-2-5-13(14)15-8-9/h2,5-6,8,11-12H,3-4,7H2,1H3/t11-,12+/m0/s1. The fourth-order valence-electron chi connectivity index (χ4n) is 2.82. The zero-order chi connectivity index (χ0) is 11.1. The minimum absolute atomic E-state index is 0.570. The van der Waals surface area contributed by atoms with Crippen LogP contribution in [-0.4, -0.2) is 29.0 Å². The molecule has 1 saturated heterocycles. The van der Waals surface area contributed by atoms with Crippen LogP contribution in [0, 0.1) is 0 Å². The predicted molar refractivity (Wildman–Crippen MR) is 66.4 cm³/mol. The third-order valence-electron chi connectivity index (χ3n) is 3.84. The summed E-state index contributed by atoms with van der Waals surface area (Å²) in [6.45, 7) is 0. The highest BCUT2D eigenvalue weighted by Gasteiger charge is 2.33. The summed E-state index contributed by atoms with van der Waals surface area (Å²) in [5, 5.41) is 0.570.